The van der Waals surface area contributed by atoms with Gasteiger partial charge in [0.1, 0.15) is 0 Å². The summed E-state index contributed by atoms with van der Waals surface area (Å²) >= 11 is 5.79. The van der Waals surface area contributed by atoms with E-state index in [1.165, 1.54) is 62.7 Å². The molecule has 2 N–H and O–H groups in total. The molecule has 0 heterocycles. The summed E-state index contributed by atoms with van der Waals surface area (Å²) in [5.41, 5.74) is 0.454. The van der Waals surface area contributed by atoms with Gasteiger partial charge in [0.05, 0.1) is 12.0 Å². The number of benzene rings is 2. The Morgan fingerprint density at radius 1 is 1.11 bits per heavy atom. The Hall–Kier alpha value is -2.46. The van der Waals surface area contributed by atoms with Crippen molar-refractivity contribution in [3.63, 3.8) is 0 Å². The molecule has 0 fully saturated rings. The van der Waals surface area contributed by atoms with Crippen molar-refractivity contribution in [2.75, 3.05) is 14.2 Å². The summed E-state index contributed by atoms with van der Waals surface area (Å²) < 4.78 is 25.0. The van der Waals surface area contributed by atoms with E-state index < -0.39 is 27.9 Å². The van der Waals surface area contributed by atoms with Gasteiger partial charge in [-0.1, -0.05) is 28.2 Å². The van der Waals surface area contributed by atoms with E-state index in [1.807, 2.05) is 0 Å². The van der Waals surface area contributed by atoms with Crippen LogP contribution in [0.2, 0.25) is 5.02 Å². The molecule has 1 amide bonds. The number of rotatable bonds is 7. The number of hydrogen-bond donors (Lipinski definition) is 2. The molecule has 27 heavy (non-hydrogen) atoms. The maximum Gasteiger partial charge on any atom is 0.330 e. The second-order valence-electron chi connectivity index (χ2n) is 5.42. The van der Waals surface area contributed by atoms with Crippen molar-refractivity contribution in [1.82, 2.24) is 9.79 Å². The highest BCUT2D eigenvalue weighted by Crippen LogP contribution is 2.19. The summed E-state index contributed by atoms with van der Waals surface area (Å²) in [7, 11) is -1.40. The van der Waals surface area contributed by atoms with Gasteiger partial charge < -0.3 is 10.4 Å². The van der Waals surface area contributed by atoms with Crippen LogP contribution in [0.25, 0.3) is 0 Å². The molecule has 2 aromatic carbocycles. The van der Waals surface area contributed by atoms with Crippen molar-refractivity contribution in [1.29, 1.82) is 0 Å². The zero-order chi connectivity index (χ0) is 20.2. The predicted octanol–water partition coefficient (Wildman–Crippen LogP) is 2.08. The van der Waals surface area contributed by atoms with Crippen molar-refractivity contribution in [3.05, 3.63) is 64.7 Å². The number of carboxylic acid groups (broad SMARTS) is 1. The third kappa shape index (κ3) is 4.83. The standard InChI is InChI=1S/C17H17ClN2O6S/c1-20(26-2)27(24,25)14-9-5-12(6-10-14)16(21)19-15(17(22)23)11-3-7-13(18)8-4-11/h3-10,15H,1-2H3,(H,19,21)(H,22,23)/t15-/m1/s1. The summed E-state index contributed by atoms with van der Waals surface area (Å²) in [5.74, 6) is -1.91. The number of aliphatic carboxylic acids is 1. The van der Waals surface area contributed by atoms with Gasteiger partial charge in [0.15, 0.2) is 6.04 Å². The number of carbonyl (C=O) groups is 2. The fraction of sp³-hybridized carbons (Fsp3) is 0.176. The first-order valence-electron chi connectivity index (χ1n) is 7.59. The van der Waals surface area contributed by atoms with E-state index >= 15 is 0 Å². The first-order chi connectivity index (χ1) is 12.7. The SMILES string of the molecule is CON(C)S(=O)(=O)c1ccc(C(=O)N[C@@H](C(=O)O)c2ccc(Cl)cc2)cc1. The topological polar surface area (TPSA) is 113 Å². The van der Waals surface area contributed by atoms with Gasteiger partial charge in [0.25, 0.3) is 15.9 Å². The number of sulfonamides is 1. The predicted molar refractivity (Wildman–Crippen MR) is 97.7 cm³/mol. The van der Waals surface area contributed by atoms with Crippen LogP contribution in [-0.4, -0.2) is 44.0 Å². The molecule has 0 spiro atoms. The molecule has 8 nitrogen and oxygen atoms in total. The van der Waals surface area contributed by atoms with Crippen molar-refractivity contribution < 1.29 is 28.0 Å². The molecule has 2 rings (SSSR count). The van der Waals surface area contributed by atoms with E-state index in [2.05, 4.69) is 10.2 Å². The molecule has 0 aliphatic carbocycles. The number of carboxylic acids is 1. The Kier molecular flexibility index (Phi) is 6.55. The zero-order valence-electron chi connectivity index (χ0n) is 14.4. The highest BCUT2D eigenvalue weighted by Gasteiger charge is 2.24. The average molecular weight is 413 g/mol. The Morgan fingerprint density at radius 3 is 2.15 bits per heavy atom. The van der Waals surface area contributed by atoms with Gasteiger partial charge in [-0.25, -0.2) is 13.2 Å². The highest BCUT2D eigenvalue weighted by atomic mass is 35.5. The maximum absolute atomic E-state index is 12.4. The molecule has 0 bridgehead atoms. The maximum atomic E-state index is 12.4. The molecule has 0 saturated heterocycles. The third-order valence-electron chi connectivity index (χ3n) is 3.74. The lowest BCUT2D eigenvalue weighted by atomic mass is 10.1. The number of hydrogen-bond acceptors (Lipinski definition) is 5. The number of nitrogens with zero attached hydrogens (tertiary/aromatic N) is 1. The smallest absolute Gasteiger partial charge is 0.330 e. The molecule has 10 heteroatoms. The summed E-state index contributed by atoms with van der Waals surface area (Å²) in [5, 5.41) is 12.2. The second kappa shape index (κ2) is 8.49. The zero-order valence-corrected chi connectivity index (χ0v) is 16.0. The Bertz CT molecular complexity index is 929. The normalized spacial score (nSPS) is 12.6. The summed E-state index contributed by atoms with van der Waals surface area (Å²) in [6, 6.07) is 9.79. The van der Waals surface area contributed by atoms with Gasteiger partial charge in [-0.05, 0) is 42.0 Å². The van der Waals surface area contributed by atoms with E-state index in [1.54, 1.807) is 0 Å². The van der Waals surface area contributed by atoms with Crippen LogP contribution in [0.1, 0.15) is 22.0 Å². The van der Waals surface area contributed by atoms with Gasteiger partial charge in [0.2, 0.25) is 0 Å². The number of amides is 1. The molecule has 0 unspecified atom stereocenters. The number of hydroxylamine groups is 1. The van der Waals surface area contributed by atoms with Gasteiger partial charge in [-0.15, -0.1) is 0 Å². The Balaban J connectivity index is 2.21. The molecular formula is C17H17ClN2O6S. The van der Waals surface area contributed by atoms with Crippen LogP contribution >= 0.6 is 11.6 Å². The Morgan fingerprint density at radius 2 is 1.67 bits per heavy atom. The fourth-order valence-electron chi connectivity index (χ4n) is 2.18. The van der Waals surface area contributed by atoms with Crippen molar-refractivity contribution in [2.45, 2.75) is 10.9 Å². The molecule has 0 radical (unpaired) electrons. The van der Waals surface area contributed by atoms with E-state index in [0.717, 1.165) is 0 Å². The van der Waals surface area contributed by atoms with Gasteiger partial charge in [-0.3, -0.25) is 9.63 Å². The average Bonchev–Trinajstić information content (AvgIpc) is 2.65. The van der Waals surface area contributed by atoms with Crippen LogP contribution in [0.5, 0.6) is 0 Å². The second-order valence-corrected chi connectivity index (χ2v) is 7.79. The van der Waals surface area contributed by atoms with Crippen LogP contribution in [0, 0.1) is 0 Å². The van der Waals surface area contributed by atoms with Crippen LogP contribution < -0.4 is 5.32 Å². The minimum absolute atomic E-state index is 0.0733. The molecule has 0 aliphatic heterocycles. The van der Waals surface area contributed by atoms with E-state index in [-0.39, 0.29) is 10.5 Å². The van der Waals surface area contributed by atoms with E-state index in [0.29, 0.717) is 15.1 Å². The van der Waals surface area contributed by atoms with Gasteiger partial charge in [0, 0.05) is 17.6 Å². The van der Waals surface area contributed by atoms with E-state index in [4.69, 9.17) is 11.6 Å². The molecule has 0 aromatic heterocycles. The lowest BCUT2D eigenvalue weighted by Crippen LogP contribution is -2.33. The minimum Gasteiger partial charge on any atom is -0.479 e. The third-order valence-corrected chi connectivity index (χ3v) is 5.68. The van der Waals surface area contributed by atoms with E-state index in [9.17, 15) is 23.1 Å². The largest absolute Gasteiger partial charge is 0.479 e. The first kappa shape index (κ1) is 20.8. The molecule has 2 aromatic rings. The molecule has 0 aliphatic rings. The van der Waals surface area contributed by atoms with Gasteiger partial charge >= 0.3 is 5.97 Å². The molecule has 1 atom stereocenters. The quantitative estimate of drug-likeness (QED) is 0.673. The summed E-state index contributed by atoms with van der Waals surface area (Å²) in [6.07, 6.45) is 0. The highest BCUT2D eigenvalue weighted by molar-refractivity contribution is 7.89. The Labute approximate surface area is 161 Å². The van der Waals surface area contributed by atoms with Crippen LogP contribution in [0.4, 0.5) is 0 Å². The van der Waals surface area contributed by atoms with Crippen LogP contribution in [-0.2, 0) is 19.7 Å². The molecule has 144 valence electrons. The number of halogens is 1. The number of carbonyl (C=O) groups excluding carboxylic acids is 1. The number of nitrogens with one attached hydrogen (secondary N) is 1. The summed E-state index contributed by atoms with van der Waals surface area (Å²) in [6.45, 7) is 0. The fourth-order valence-corrected chi connectivity index (χ4v) is 3.28. The van der Waals surface area contributed by atoms with Crippen LogP contribution in [0.15, 0.2) is 53.4 Å². The van der Waals surface area contributed by atoms with Crippen molar-refractivity contribution in [2.24, 2.45) is 0 Å². The van der Waals surface area contributed by atoms with Crippen LogP contribution in [0.3, 0.4) is 0 Å². The van der Waals surface area contributed by atoms with Gasteiger partial charge in [-0.2, -0.15) is 0 Å². The van der Waals surface area contributed by atoms with Crippen molar-refractivity contribution >= 4 is 33.5 Å². The molecular weight excluding hydrogens is 396 g/mol. The monoisotopic (exact) mass is 412 g/mol. The first-order valence-corrected chi connectivity index (χ1v) is 9.41. The molecule has 0 saturated carbocycles. The lowest BCUT2D eigenvalue weighted by molar-refractivity contribution is -0.139. The minimum atomic E-state index is -3.84. The van der Waals surface area contributed by atoms with Crippen molar-refractivity contribution in [3.8, 4) is 0 Å². The summed E-state index contributed by atoms with van der Waals surface area (Å²) in [4.78, 5) is 28.5. The lowest BCUT2D eigenvalue weighted by Gasteiger charge is -2.16.